The number of carboxylic acids is 1. The van der Waals surface area contributed by atoms with Crippen molar-refractivity contribution >= 4 is 17.5 Å². The molecule has 2 unspecified atom stereocenters. The average molecular weight is 298 g/mol. The molecule has 1 aromatic rings. The topological polar surface area (TPSA) is 120 Å². The number of carbonyl (C=O) groups is 1. The van der Waals surface area contributed by atoms with E-state index in [-0.39, 0.29) is 24.7 Å². The van der Waals surface area contributed by atoms with Gasteiger partial charge in [0.2, 0.25) is 5.82 Å². The fourth-order valence-corrected chi connectivity index (χ4v) is 2.42. The second-order valence-electron chi connectivity index (χ2n) is 5.00. The van der Waals surface area contributed by atoms with Crippen LogP contribution in [0.25, 0.3) is 0 Å². The fraction of sp³-hybridized carbons (Fsp3) is 0.667. The lowest BCUT2D eigenvalue weighted by Crippen LogP contribution is -2.34. The normalized spacial score (nSPS) is 21.4. The Balaban J connectivity index is 2.33. The van der Waals surface area contributed by atoms with E-state index in [0.717, 1.165) is 6.42 Å². The van der Waals surface area contributed by atoms with E-state index >= 15 is 0 Å². The lowest BCUT2D eigenvalue weighted by Gasteiger charge is -2.17. The first-order valence-electron chi connectivity index (χ1n) is 6.74. The molecular formula is C12H18N4O5. The Kier molecular flexibility index (Phi) is 4.41. The number of aliphatic carboxylic acids is 1. The predicted molar refractivity (Wildman–Crippen MR) is 73.3 cm³/mol. The van der Waals surface area contributed by atoms with Crippen LogP contribution in [0.4, 0.5) is 11.5 Å². The summed E-state index contributed by atoms with van der Waals surface area (Å²) >= 11 is 0. The van der Waals surface area contributed by atoms with E-state index in [4.69, 9.17) is 9.84 Å². The van der Waals surface area contributed by atoms with Crippen LogP contribution in [-0.4, -0.2) is 45.0 Å². The molecule has 0 radical (unpaired) electrons. The molecule has 1 saturated heterocycles. The third-order valence-corrected chi connectivity index (χ3v) is 3.43. The molecule has 0 aliphatic carbocycles. The number of nitro groups is 1. The largest absolute Gasteiger partial charge is 0.481 e. The van der Waals surface area contributed by atoms with E-state index < -0.39 is 22.9 Å². The maximum absolute atomic E-state index is 11.2. The number of hydrogen-bond acceptors (Lipinski definition) is 6. The number of aromatic nitrogens is 2. The first-order chi connectivity index (χ1) is 9.95. The molecule has 1 aliphatic heterocycles. The van der Waals surface area contributed by atoms with E-state index in [9.17, 15) is 14.9 Å². The summed E-state index contributed by atoms with van der Waals surface area (Å²) in [6.07, 6.45) is 0.760. The Bertz CT molecular complexity index is 556. The molecule has 116 valence electrons. The van der Waals surface area contributed by atoms with Gasteiger partial charge in [0, 0.05) is 6.54 Å². The molecule has 0 spiro atoms. The van der Waals surface area contributed by atoms with Gasteiger partial charge in [0.1, 0.15) is 11.6 Å². The summed E-state index contributed by atoms with van der Waals surface area (Å²) in [6, 6.07) is -0.507. The van der Waals surface area contributed by atoms with Crippen molar-refractivity contribution in [1.82, 2.24) is 9.78 Å². The summed E-state index contributed by atoms with van der Waals surface area (Å²) in [5.41, 5.74) is 0.196. The van der Waals surface area contributed by atoms with Gasteiger partial charge in [-0.25, -0.2) is 4.68 Å². The van der Waals surface area contributed by atoms with Crippen molar-refractivity contribution in [3.8, 4) is 0 Å². The van der Waals surface area contributed by atoms with Crippen LogP contribution in [0.3, 0.4) is 0 Å². The van der Waals surface area contributed by atoms with Crippen molar-refractivity contribution in [2.45, 2.75) is 32.9 Å². The highest BCUT2D eigenvalue weighted by molar-refractivity contribution is 5.73. The summed E-state index contributed by atoms with van der Waals surface area (Å²) in [6.45, 7) is 4.31. The second kappa shape index (κ2) is 6.08. The smallest absolute Gasteiger partial charge is 0.333 e. The van der Waals surface area contributed by atoms with E-state index in [0.29, 0.717) is 12.2 Å². The summed E-state index contributed by atoms with van der Waals surface area (Å²) in [5, 5.41) is 27.5. The van der Waals surface area contributed by atoms with Gasteiger partial charge in [-0.2, -0.15) is 5.10 Å². The summed E-state index contributed by atoms with van der Waals surface area (Å²) in [7, 11) is 0. The quantitative estimate of drug-likeness (QED) is 0.594. The van der Waals surface area contributed by atoms with Gasteiger partial charge in [0.05, 0.1) is 24.2 Å². The lowest BCUT2D eigenvalue weighted by atomic mass is 10.0. The van der Waals surface area contributed by atoms with Crippen LogP contribution < -0.4 is 5.32 Å². The number of rotatable bonds is 6. The molecule has 9 nitrogen and oxygen atoms in total. The first kappa shape index (κ1) is 15.2. The van der Waals surface area contributed by atoms with Gasteiger partial charge in [-0.1, -0.05) is 6.92 Å². The number of nitrogens with zero attached hydrogens (tertiary/aromatic N) is 3. The lowest BCUT2D eigenvalue weighted by molar-refractivity contribution is -0.384. The van der Waals surface area contributed by atoms with E-state index in [1.165, 1.54) is 4.68 Å². The molecule has 2 rings (SSSR count). The minimum atomic E-state index is -0.981. The van der Waals surface area contributed by atoms with Crippen molar-refractivity contribution in [3.63, 3.8) is 0 Å². The Hall–Kier alpha value is -2.16. The highest BCUT2D eigenvalue weighted by atomic mass is 16.6. The van der Waals surface area contributed by atoms with Crippen molar-refractivity contribution < 1.29 is 19.6 Å². The van der Waals surface area contributed by atoms with Gasteiger partial charge >= 0.3 is 11.7 Å². The average Bonchev–Trinajstić information content (AvgIpc) is 2.96. The van der Waals surface area contributed by atoms with E-state index in [2.05, 4.69) is 10.4 Å². The van der Waals surface area contributed by atoms with Crippen LogP contribution in [0.1, 0.15) is 19.0 Å². The van der Waals surface area contributed by atoms with Gasteiger partial charge in [-0.05, 0) is 13.3 Å². The Morgan fingerprint density at radius 1 is 1.62 bits per heavy atom. The zero-order valence-electron chi connectivity index (χ0n) is 11.9. The SMILES string of the molecule is CCCn1nc(C)c([N+](=O)[O-])c1NC1COCC1C(=O)O. The minimum absolute atomic E-state index is 0.0989. The molecule has 0 aromatic carbocycles. The molecule has 1 aromatic heterocycles. The van der Waals surface area contributed by atoms with Crippen LogP contribution in [0.5, 0.6) is 0 Å². The maximum atomic E-state index is 11.2. The van der Waals surface area contributed by atoms with Crippen molar-refractivity contribution in [1.29, 1.82) is 0 Å². The zero-order valence-corrected chi connectivity index (χ0v) is 11.9. The summed E-state index contributed by atoms with van der Waals surface area (Å²) in [5.74, 6) is -1.46. The van der Waals surface area contributed by atoms with Gasteiger partial charge in [-0.15, -0.1) is 0 Å². The van der Waals surface area contributed by atoms with Crippen molar-refractivity contribution in [2.75, 3.05) is 18.5 Å². The van der Waals surface area contributed by atoms with Gasteiger partial charge < -0.3 is 15.2 Å². The maximum Gasteiger partial charge on any atom is 0.333 e. The van der Waals surface area contributed by atoms with Crippen molar-refractivity contribution in [2.24, 2.45) is 5.92 Å². The molecule has 1 fully saturated rings. The van der Waals surface area contributed by atoms with Crippen LogP contribution >= 0.6 is 0 Å². The zero-order chi connectivity index (χ0) is 15.6. The third-order valence-electron chi connectivity index (χ3n) is 3.43. The molecule has 2 N–H and O–H groups in total. The van der Waals surface area contributed by atoms with Crippen LogP contribution in [0.2, 0.25) is 0 Å². The van der Waals surface area contributed by atoms with Crippen molar-refractivity contribution in [3.05, 3.63) is 15.8 Å². The summed E-state index contributed by atoms with van der Waals surface area (Å²) in [4.78, 5) is 21.9. The molecule has 0 bridgehead atoms. The molecular weight excluding hydrogens is 280 g/mol. The predicted octanol–water partition coefficient (Wildman–Crippen LogP) is 1.02. The molecule has 2 atom stereocenters. The molecule has 1 aliphatic rings. The number of hydrogen-bond donors (Lipinski definition) is 2. The standard InChI is InChI=1S/C12H18N4O5/c1-3-4-15-11(10(16(19)20)7(2)14-15)13-9-6-21-5-8(9)12(17)18/h8-9,13H,3-6H2,1-2H3,(H,17,18). The minimum Gasteiger partial charge on any atom is -0.481 e. The Morgan fingerprint density at radius 3 is 2.90 bits per heavy atom. The van der Waals surface area contributed by atoms with Crippen LogP contribution in [0.15, 0.2) is 0 Å². The molecule has 0 amide bonds. The number of carboxylic acid groups (broad SMARTS) is 1. The highest BCUT2D eigenvalue weighted by Gasteiger charge is 2.37. The second-order valence-corrected chi connectivity index (χ2v) is 5.00. The molecule has 21 heavy (non-hydrogen) atoms. The number of ether oxygens (including phenoxy) is 1. The number of aryl methyl sites for hydroxylation is 2. The van der Waals surface area contributed by atoms with Gasteiger partial charge in [0.25, 0.3) is 0 Å². The molecule has 0 saturated carbocycles. The van der Waals surface area contributed by atoms with Crippen LogP contribution in [-0.2, 0) is 16.1 Å². The van der Waals surface area contributed by atoms with E-state index in [1.807, 2.05) is 6.92 Å². The summed E-state index contributed by atoms with van der Waals surface area (Å²) < 4.78 is 6.69. The van der Waals surface area contributed by atoms with E-state index in [1.54, 1.807) is 6.92 Å². The molecule has 2 heterocycles. The number of nitrogens with one attached hydrogen (secondary N) is 1. The Labute approximate surface area is 121 Å². The fourth-order valence-electron chi connectivity index (χ4n) is 2.42. The highest BCUT2D eigenvalue weighted by Crippen LogP contribution is 2.31. The monoisotopic (exact) mass is 298 g/mol. The van der Waals surface area contributed by atoms with Gasteiger partial charge in [0.15, 0.2) is 0 Å². The number of anilines is 1. The Morgan fingerprint density at radius 2 is 2.33 bits per heavy atom. The molecule has 9 heteroatoms. The van der Waals surface area contributed by atoms with Gasteiger partial charge in [-0.3, -0.25) is 14.9 Å². The van der Waals surface area contributed by atoms with Crippen LogP contribution in [0, 0.1) is 23.0 Å². The first-order valence-corrected chi connectivity index (χ1v) is 6.74. The third kappa shape index (κ3) is 2.97.